The van der Waals surface area contributed by atoms with Gasteiger partial charge in [0.05, 0.1) is 23.3 Å². The third-order valence-corrected chi connectivity index (χ3v) is 2.08. The highest BCUT2D eigenvalue weighted by molar-refractivity contribution is 6.07. The van der Waals surface area contributed by atoms with Crippen LogP contribution in [0.15, 0.2) is 15.0 Å². The number of aryl methyl sites for hydroxylation is 1. The van der Waals surface area contributed by atoms with Crippen LogP contribution in [-0.2, 0) is 0 Å². The van der Waals surface area contributed by atoms with Gasteiger partial charge < -0.3 is 4.48 Å². The van der Waals surface area contributed by atoms with Gasteiger partial charge in [-0.3, -0.25) is 4.79 Å². The van der Waals surface area contributed by atoms with Gasteiger partial charge in [-0.25, -0.2) is 4.98 Å². The summed E-state index contributed by atoms with van der Waals surface area (Å²) >= 11 is 0. The molecule has 2 heterocycles. The van der Waals surface area contributed by atoms with E-state index >= 15 is 0 Å². The van der Waals surface area contributed by atoms with E-state index in [0.717, 1.165) is 0 Å². The van der Waals surface area contributed by atoms with Crippen molar-refractivity contribution < 1.29 is 0 Å². The van der Waals surface area contributed by atoms with E-state index in [0.29, 0.717) is 17.1 Å². The minimum Gasteiger partial charge on any atom is -0.350 e. The quantitative estimate of drug-likeness (QED) is 0.486. The van der Waals surface area contributed by atoms with Gasteiger partial charge in [0, 0.05) is 11.9 Å². The largest absolute Gasteiger partial charge is 0.350 e. The molecule has 0 aliphatic carbocycles. The van der Waals surface area contributed by atoms with Crippen molar-refractivity contribution in [1.82, 2.24) is 9.46 Å². The maximum atomic E-state index is 11.7. The molecule has 0 fully saturated rings. The average molecular weight is 186 g/mol. The molecule has 0 amide bonds. The van der Waals surface area contributed by atoms with Crippen molar-refractivity contribution in [3.63, 3.8) is 0 Å². The Kier molecular flexibility index (Phi) is 1.91. The molecule has 0 atom stereocenters. The minimum atomic E-state index is -0.119. The molecule has 5 nitrogen and oxygen atoms in total. The first-order valence-corrected chi connectivity index (χ1v) is 4.09. The predicted molar refractivity (Wildman–Crippen MR) is 56.7 cm³/mol. The van der Waals surface area contributed by atoms with E-state index in [1.807, 2.05) is 0 Å². The molecule has 1 aliphatic heterocycles. The van der Waals surface area contributed by atoms with E-state index in [-0.39, 0.29) is 5.56 Å². The van der Waals surface area contributed by atoms with E-state index < -0.39 is 0 Å². The fourth-order valence-corrected chi connectivity index (χ4v) is 1.19. The highest BCUT2D eigenvalue weighted by Crippen LogP contribution is 2.02. The minimum absolute atomic E-state index is 0.119. The molecule has 0 N–H and O–H groups in total. The molecule has 1 aromatic heterocycles. The second-order valence-electron chi connectivity index (χ2n) is 2.94. The number of fused-ring (bicyclic) bond motifs is 1. The fourth-order valence-electron chi connectivity index (χ4n) is 1.19. The van der Waals surface area contributed by atoms with Crippen LogP contribution >= 0.6 is 0 Å². The van der Waals surface area contributed by atoms with Gasteiger partial charge in [0.2, 0.25) is 13.5 Å². The molecule has 0 radical (unpaired) electrons. The molecule has 0 saturated carbocycles. The van der Waals surface area contributed by atoms with Crippen LogP contribution in [0.1, 0.15) is 17.1 Å². The van der Waals surface area contributed by atoms with Crippen molar-refractivity contribution in [2.45, 2.75) is 6.92 Å². The van der Waals surface area contributed by atoms with Crippen LogP contribution in [0.4, 0.5) is 0 Å². The highest BCUT2D eigenvalue weighted by Gasteiger charge is 2.09. The van der Waals surface area contributed by atoms with E-state index in [1.54, 1.807) is 21.0 Å². The van der Waals surface area contributed by atoms with Gasteiger partial charge in [-0.1, -0.05) is 0 Å². The fraction of sp³-hybridized carbons (Fsp3) is 0.125. The molecule has 0 aromatic carbocycles. The zero-order chi connectivity index (χ0) is 10.1. The van der Waals surface area contributed by atoms with Crippen LogP contribution in [-0.4, -0.2) is 29.5 Å². The second kappa shape index (κ2) is 3.08. The van der Waals surface area contributed by atoms with E-state index in [1.165, 1.54) is 10.7 Å². The first-order chi connectivity index (χ1) is 6.70. The summed E-state index contributed by atoms with van der Waals surface area (Å²) in [6.07, 6.45) is 2.96. The van der Waals surface area contributed by atoms with Gasteiger partial charge in [-0.05, 0) is 6.92 Å². The van der Waals surface area contributed by atoms with Crippen LogP contribution in [0.25, 0.3) is 6.08 Å². The van der Waals surface area contributed by atoms with Gasteiger partial charge in [0.25, 0.3) is 0 Å². The smallest absolute Gasteiger partial charge is 0.250 e. The maximum absolute atomic E-state index is 11.7. The lowest BCUT2D eigenvalue weighted by Gasteiger charge is -2.05. The van der Waals surface area contributed by atoms with Crippen molar-refractivity contribution in [2.24, 2.45) is 10.2 Å². The predicted octanol–water partition coefficient (Wildman–Crippen LogP) is -1.02. The molecule has 1 aromatic rings. The Morgan fingerprint density at radius 1 is 1.57 bits per heavy atom. The van der Waals surface area contributed by atoms with Crippen LogP contribution in [0.3, 0.4) is 0 Å². The third-order valence-electron chi connectivity index (χ3n) is 2.08. The van der Waals surface area contributed by atoms with Crippen LogP contribution < -0.4 is 5.56 Å². The maximum Gasteiger partial charge on any atom is 0.250 e. The van der Waals surface area contributed by atoms with E-state index in [2.05, 4.69) is 21.1 Å². The summed E-state index contributed by atoms with van der Waals surface area (Å²) in [6, 6.07) is 0. The summed E-state index contributed by atoms with van der Waals surface area (Å²) in [5, 5.41) is 7.21. The van der Waals surface area contributed by atoms with Gasteiger partial charge in [0.1, 0.15) is 0 Å². The van der Waals surface area contributed by atoms with Gasteiger partial charge in [-0.2, -0.15) is 0 Å². The molecule has 1 aliphatic rings. The van der Waals surface area contributed by atoms with Crippen molar-refractivity contribution in [1.29, 1.82) is 0 Å². The average Bonchev–Trinajstić information content (AvgIpc) is 2.39. The van der Waals surface area contributed by atoms with Crippen LogP contribution in [0, 0.1) is 6.92 Å². The lowest BCUT2D eigenvalue weighted by atomic mass is 10.2. The summed E-state index contributed by atoms with van der Waals surface area (Å²) in [7, 11) is 1.67. The lowest BCUT2D eigenvalue weighted by Crippen LogP contribution is -2.27. The molecule has 0 unspecified atom stereocenters. The first-order valence-electron chi connectivity index (χ1n) is 4.09. The molecular weight excluding hydrogens is 179 g/mol. The molecule has 0 saturated heterocycles. The van der Waals surface area contributed by atoms with E-state index in [9.17, 15) is 4.79 Å². The summed E-state index contributed by atoms with van der Waals surface area (Å²) < 4.78 is 1.48. The Hall–Kier alpha value is -1.94. The number of hydrogen-bond acceptors (Lipinski definition) is 4. The zero-order valence-electron chi connectivity index (χ0n) is 7.85. The van der Waals surface area contributed by atoms with Gasteiger partial charge >= 0.3 is 0 Å². The number of hydrogen-bond donors (Lipinski definition) is 0. The van der Waals surface area contributed by atoms with E-state index in [4.69, 9.17) is 0 Å². The number of nitrogens with zero attached hydrogens (tertiary/aromatic N) is 4. The molecular formula is C8H7BN4O. The van der Waals surface area contributed by atoms with Crippen LogP contribution in [0.5, 0.6) is 0 Å². The molecule has 14 heavy (non-hydrogen) atoms. The third kappa shape index (κ3) is 1.22. The Morgan fingerprint density at radius 2 is 2.36 bits per heavy atom. The number of rotatable bonds is 0. The molecule has 0 bridgehead atoms. The van der Waals surface area contributed by atoms with Crippen molar-refractivity contribution >= 4 is 26.1 Å². The lowest BCUT2D eigenvalue weighted by molar-refractivity contribution is 0.942. The zero-order valence-corrected chi connectivity index (χ0v) is 7.85. The standard InChI is InChI=1S/C8H7BN4O/c1-5-12-7-2-3-10-11-4-6(7)8(14)13(5)9/h2,4H,9H2,1H3. The van der Waals surface area contributed by atoms with Gasteiger partial charge in [0.15, 0.2) is 0 Å². The Bertz CT molecular complexity index is 537. The van der Waals surface area contributed by atoms with Crippen molar-refractivity contribution in [3.8, 4) is 0 Å². The Morgan fingerprint density at radius 3 is 3.14 bits per heavy atom. The Balaban J connectivity index is 2.86. The van der Waals surface area contributed by atoms with Crippen LogP contribution in [0.2, 0.25) is 0 Å². The summed E-state index contributed by atoms with van der Waals surface area (Å²) in [5.74, 6) is 3.22. The van der Waals surface area contributed by atoms with Crippen molar-refractivity contribution in [2.75, 3.05) is 0 Å². The molecule has 68 valence electrons. The highest BCUT2D eigenvalue weighted by atomic mass is 16.1. The topological polar surface area (TPSA) is 59.6 Å². The summed E-state index contributed by atoms with van der Waals surface area (Å²) in [6.45, 7) is 1.77. The first kappa shape index (κ1) is 8.65. The normalized spacial score (nSPS) is 12.6. The molecule has 6 heteroatoms. The summed E-state index contributed by atoms with van der Waals surface area (Å²) in [5.41, 5.74) is 0.897. The number of aromatic nitrogens is 2. The SMILES string of the molecule is Bn1c(C)nc2c(c1=O)C=NN=C=C2. The molecule has 2 rings (SSSR count). The summed E-state index contributed by atoms with van der Waals surface area (Å²) in [4.78, 5) is 16.0. The van der Waals surface area contributed by atoms with Crippen molar-refractivity contribution in [3.05, 3.63) is 27.4 Å². The second-order valence-corrected chi connectivity index (χ2v) is 2.94. The Labute approximate surface area is 80.9 Å². The van der Waals surface area contributed by atoms with Gasteiger partial charge in [-0.15, -0.1) is 10.2 Å². The molecule has 0 spiro atoms. The monoisotopic (exact) mass is 186 g/mol.